The van der Waals surface area contributed by atoms with Gasteiger partial charge < -0.3 is 10.6 Å². The first kappa shape index (κ1) is 12.3. The molecule has 0 spiro atoms. The lowest BCUT2D eigenvalue weighted by molar-refractivity contribution is 0.601. The van der Waals surface area contributed by atoms with Gasteiger partial charge in [0, 0.05) is 19.6 Å². The molecular weight excluding hydrogens is 238 g/mol. The van der Waals surface area contributed by atoms with Crippen LogP contribution in [0.15, 0.2) is 18.3 Å². The maximum Gasteiger partial charge on any atom is 0.152 e. The largest absolute Gasteiger partial charge is 0.369 e. The maximum absolute atomic E-state index is 11.4. The fourth-order valence-corrected chi connectivity index (χ4v) is 3.81. The summed E-state index contributed by atoms with van der Waals surface area (Å²) in [6, 6.07) is 3.86. The van der Waals surface area contributed by atoms with Gasteiger partial charge in [0.2, 0.25) is 0 Å². The van der Waals surface area contributed by atoms with Gasteiger partial charge in [-0.1, -0.05) is 0 Å². The van der Waals surface area contributed by atoms with Crippen LogP contribution in [0.4, 0.5) is 5.69 Å². The van der Waals surface area contributed by atoms with E-state index in [2.05, 4.69) is 4.98 Å². The minimum absolute atomic E-state index is 0.0607. The first-order valence-corrected chi connectivity index (χ1v) is 7.42. The Kier molecular flexibility index (Phi) is 3.35. The van der Waals surface area contributed by atoms with Crippen LogP contribution in [0, 0.1) is 0 Å². The minimum atomic E-state index is -2.84. The topological polar surface area (TPSA) is 76.3 Å². The second-order valence-electron chi connectivity index (χ2n) is 4.38. The molecule has 1 aliphatic rings. The fourth-order valence-electron chi connectivity index (χ4n) is 2.04. The van der Waals surface area contributed by atoms with Crippen molar-refractivity contribution in [1.82, 2.24) is 4.98 Å². The molecule has 6 heteroatoms. The predicted octanol–water partition coefficient (Wildman–Crippen LogP) is 0.164. The maximum atomic E-state index is 11.4. The van der Waals surface area contributed by atoms with Crippen molar-refractivity contribution in [2.24, 2.45) is 5.73 Å². The Labute approximate surface area is 102 Å². The van der Waals surface area contributed by atoms with Gasteiger partial charge in [-0.2, -0.15) is 0 Å². The number of nitrogens with two attached hydrogens (primary N) is 1. The molecule has 2 heterocycles. The highest BCUT2D eigenvalue weighted by Crippen LogP contribution is 2.22. The number of aromatic nitrogens is 1. The number of sulfone groups is 1. The lowest BCUT2D eigenvalue weighted by atomic mass is 10.2. The zero-order chi connectivity index (χ0) is 12.5. The molecule has 5 nitrogen and oxygen atoms in total. The van der Waals surface area contributed by atoms with E-state index in [4.69, 9.17) is 5.73 Å². The second kappa shape index (κ2) is 4.62. The Morgan fingerprint density at radius 3 is 2.76 bits per heavy atom. The lowest BCUT2D eigenvalue weighted by Gasteiger charge is -2.25. The van der Waals surface area contributed by atoms with Gasteiger partial charge in [-0.15, -0.1) is 0 Å². The van der Waals surface area contributed by atoms with Crippen molar-refractivity contribution in [2.45, 2.75) is 19.0 Å². The zero-order valence-corrected chi connectivity index (χ0v) is 10.7. The van der Waals surface area contributed by atoms with E-state index in [0.29, 0.717) is 13.0 Å². The summed E-state index contributed by atoms with van der Waals surface area (Å²) in [5.41, 5.74) is 7.25. The van der Waals surface area contributed by atoms with Crippen LogP contribution in [0.25, 0.3) is 0 Å². The van der Waals surface area contributed by atoms with E-state index in [-0.39, 0.29) is 17.5 Å². The monoisotopic (exact) mass is 255 g/mol. The molecular formula is C11H17N3O2S. The lowest BCUT2D eigenvalue weighted by Crippen LogP contribution is -2.32. The van der Waals surface area contributed by atoms with E-state index in [1.807, 2.05) is 24.1 Å². The molecule has 1 saturated heterocycles. The standard InChI is InChI=1S/C11H17N3O2S/c1-14(11-4-5-17(15,16)8-11)10-3-2-9(6-12)13-7-10/h2-3,7,11H,4-6,8,12H2,1H3. The van der Waals surface area contributed by atoms with Gasteiger partial charge in [-0.05, 0) is 18.6 Å². The molecule has 0 aromatic carbocycles. The Morgan fingerprint density at radius 1 is 1.53 bits per heavy atom. The van der Waals surface area contributed by atoms with Gasteiger partial charge in [0.25, 0.3) is 0 Å². The van der Waals surface area contributed by atoms with Crippen LogP contribution in [0.2, 0.25) is 0 Å². The van der Waals surface area contributed by atoms with Crippen LogP contribution < -0.4 is 10.6 Å². The Balaban J connectivity index is 2.11. The third-order valence-electron chi connectivity index (χ3n) is 3.18. The molecule has 1 unspecified atom stereocenters. The molecule has 1 atom stereocenters. The second-order valence-corrected chi connectivity index (χ2v) is 6.61. The number of nitrogens with zero attached hydrogens (tertiary/aromatic N) is 2. The summed E-state index contributed by atoms with van der Waals surface area (Å²) in [5.74, 6) is 0.526. The zero-order valence-electron chi connectivity index (χ0n) is 9.83. The van der Waals surface area contributed by atoms with E-state index in [1.54, 1.807) is 6.20 Å². The Hall–Kier alpha value is -1.14. The normalized spacial score (nSPS) is 22.6. The number of rotatable bonds is 3. The van der Waals surface area contributed by atoms with E-state index in [1.165, 1.54) is 0 Å². The molecule has 0 saturated carbocycles. The average Bonchev–Trinajstić information content (AvgIpc) is 2.69. The minimum Gasteiger partial charge on any atom is -0.369 e. The molecule has 0 aliphatic carbocycles. The molecule has 0 bridgehead atoms. The molecule has 1 aromatic rings. The van der Waals surface area contributed by atoms with Crippen molar-refractivity contribution >= 4 is 15.5 Å². The van der Waals surface area contributed by atoms with Crippen LogP contribution in [-0.4, -0.2) is 38.0 Å². The third-order valence-corrected chi connectivity index (χ3v) is 4.93. The summed E-state index contributed by atoms with van der Waals surface area (Å²) in [5, 5.41) is 0. The summed E-state index contributed by atoms with van der Waals surface area (Å²) in [6.07, 6.45) is 2.44. The molecule has 1 aromatic heterocycles. The van der Waals surface area contributed by atoms with Crippen molar-refractivity contribution in [2.75, 3.05) is 23.5 Å². The highest BCUT2D eigenvalue weighted by molar-refractivity contribution is 7.91. The third kappa shape index (κ3) is 2.76. The summed E-state index contributed by atoms with van der Waals surface area (Å²) in [7, 11) is -0.936. The van der Waals surface area contributed by atoms with Gasteiger partial charge in [-0.3, -0.25) is 4.98 Å². The first-order chi connectivity index (χ1) is 8.02. The highest BCUT2D eigenvalue weighted by Gasteiger charge is 2.30. The van der Waals surface area contributed by atoms with Crippen LogP contribution in [0.5, 0.6) is 0 Å². The number of pyridine rings is 1. The Bertz CT molecular complexity index is 484. The SMILES string of the molecule is CN(c1ccc(CN)nc1)C1CCS(=O)(=O)C1. The quantitative estimate of drug-likeness (QED) is 0.833. The van der Waals surface area contributed by atoms with Gasteiger partial charge in [0.15, 0.2) is 9.84 Å². The molecule has 94 valence electrons. The predicted molar refractivity (Wildman–Crippen MR) is 67.6 cm³/mol. The van der Waals surface area contributed by atoms with E-state index < -0.39 is 9.84 Å². The van der Waals surface area contributed by atoms with Crippen molar-refractivity contribution in [3.63, 3.8) is 0 Å². The van der Waals surface area contributed by atoms with Gasteiger partial charge >= 0.3 is 0 Å². The molecule has 0 amide bonds. The fraction of sp³-hybridized carbons (Fsp3) is 0.545. The van der Waals surface area contributed by atoms with E-state index >= 15 is 0 Å². The highest BCUT2D eigenvalue weighted by atomic mass is 32.2. The average molecular weight is 255 g/mol. The smallest absolute Gasteiger partial charge is 0.152 e. The van der Waals surface area contributed by atoms with Crippen molar-refractivity contribution < 1.29 is 8.42 Å². The summed E-state index contributed by atoms with van der Waals surface area (Å²) < 4.78 is 22.8. The summed E-state index contributed by atoms with van der Waals surface area (Å²) >= 11 is 0. The number of anilines is 1. The first-order valence-electron chi connectivity index (χ1n) is 5.60. The van der Waals surface area contributed by atoms with Crippen LogP contribution in [-0.2, 0) is 16.4 Å². The van der Waals surface area contributed by atoms with E-state index in [0.717, 1.165) is 11.4 Å². The molecule has 2 rings (SSSR count). The summed E-state index contributed by atoms with van der Waals surface area (Å²) in [6.45, 7) is 0.418. The number of hydrogen-bond acceptors (Lipinski definition) is 5. The summed E-state index contributed by atoms with van der Waals surface area (Å²) in [4.78, 5) is 6.19. The van der Waals surface area contributed by atoms with Gasteiger partial charge in [0.05, 0.1) is 29.1 Å². The molecule has 1 fully saturated rings. The van der Waals surface area contributed by atoms with Crippen LogP contribution >= 0.6 is 0 Å². The van der Waals surface area contributed by atoms with Crippen LogP contribution in [0.1, 0.15) is 12.1 Å². The molecule has 17 heavy (non-hydrogen) atoms. The van der Waals surface area contributed by atoms with Crippen molar-refractivity contribution in [1.29, 1.82) is 0 Å². The molecule has 1 aliphatic heterocycles. The van der Waals surface area contributed by atoms with Gasteiger partial charge in [0.1, 0.15) is 0 Å². The van der Waals surface area contributed by atoms with E-state index in [9.17, 15) is 8.42 Å². The molecule has 0 radical (unpaired) electrons. The van der Waals surface area contributed by atoms with Gasteiger partial charge in [-0.25, -0.2) is 8.42 Å². The molecule has 2 N–H and O–H groups in total. The number of hydrogen-bond donors (Lipinski definition) is 1. The van der Waals surface area contributed by atoms with Crippen molar-refractivity contribution in [3.8, 4) is 0 Å². The Morgan fingerprint density at radius 2 is 2.29 bits per heavy atom. The van der Waals surface area contributed by atoms with Crippen LogP contribution in [0.3, 0.4) is 0 Å². The van der Waals surface area contributed by atoms with Crippen molar-refractivity contribution in [3.05, 3.63) is 24.0 Å².